The lowest BCUT2D eigenvalue weighted by atomic mass is 10.1. The minimum atomic E-state index is -0.722. The van der Waals surface area contributed by atoms with Crippen LogP contribution in [0.2, 0.25) is 0 Å². The van der Waals surface area contributed by atoms with Gasteiger partial charge in [0.05, 0.1) is 6.54 Å². The molecule has 0 unspecified atom stereocenters. The van der Waals surface area contributed by atoms with Gasteiger partial charge in [-0.15, -0.1) is 10.2 Å². The Morgan fingerprint density at radius 2 is 2.07 bits per heavy atom. The van der Waals surface area contributed by atoms with Gasteiger partial charge in [-0.25, -0.2) is 0 Å². The molecule has 1 aromatic carbocycles. The number of carbonyl (C=O) groups excluding carboxylic acids is 1. The summed E-state index contributed by atoms with van der Waals surface area (Å²) >= 11 is 1.19. The van der Waals surface area contributed by atoms with Crippen molar-refractivity contribution in [3.63, 3.8) is 0 Å². The quantitative estimate of drug-likeness (QED) is 0.631. The molecule has 1 fully saturated rings. The summed E-state index contributed by atoms with van der Waals surface area (Å²) in [5.41, 5.74) is 0.767. The molecule has 0 bridgehead atoms. The van der Waals surface area contributed by atoms with Crippen molar-refractivity contribution in [2.45, 2.75) is 18.6 Å². The van der Waals surface area contributed by atoms with Gasteiger partial charge >= 0.3 is 0 Å². The summed E-state index contributed by atoms with van der Waals surface area (Å²) in [7, 11) is 1.49. The van der Waals surface area contributed by atoms with Gasteiger partial charge in [0.25, 0.3) is 11.1 Å². The highest BCUT2D eigenvalue weighted by molar-refractivity contribution is 7.17. The molecule has 2 aromatic heterocycles. The summed E-state index contributed by atoms with van der Waals surface area (Å²) in [6.07, 6.45) is 1.75. The molecule has 1 N–H and O–H groups in total. The monoisotopic (exact) mass is 412 g/mol. The molecule has 0 aliphatic carbocycles. The summed E-state index contributed by atoms with van der Waals surface area (Å²) < 4.78 is 11.3. The minimum Gasteiger partial charge on any atom is -0.464 e. The third-order valence-electron chi connectivity index (χ3n) is 4.51. The van der Waals surface area contributed by atoms with Gasteiger partial charge in [-0.3, -0.25) is 10.1 Å². The van der Waals surface area contributed by atoms with E-state index in [0.29, 0.717) is 16.9 Å². The number of hydrogen-bond acceptors (Lipinski definition) is 9. The lowest BCUT2D eigenvalue weighted by molar-refractivity contribution is -0.126. The Morgan fingerprint density at radius 3 is 2.83 bits per heavy atom. The number of nitrogens with one attached hydrogen (secondary N) is 1. The fraction of sp³-hybridized carbons (Fsp3) is 0.316. The van der Waals surface area contributed by atoms with Crippen LogP contribution >= 0.6 is 11.3 Å². The summed E-state index contributed by atoms with van der Waals surface area (Å²) in [5, 5.41) is 19.6. The van der Waals surface area contributed by atoms with Crippen LogP contribution in [-0.4, -0.2) is 52.6 Å². The second-order valence-corrected chi connectivity index (χ2v) is 7.39. The summed E-state index contributed by atoms with van der Waals surface area (Å²) in [5.74, 6) is 0.520. The zero-order valence-corrected chi connectivity index (χ0v) is 16.6. The molecule has 29 heavy (non-hydrogen) atoms. The lowest BCUT2D eigenvalue weighted by Crippen LogP contribution is -2.25. The maximum Gasteiger partial charge on any atom is 0.296 e. The van der Waals surface area contributed by atoms with Crippen molar-refractivity contribution in [3.8, 4) is 5.19 Å². The van der Waals surface area contributed by atoms with E-state index in [-0.39, 0.29) is 12.0 Å². The van der Waals surface area contributed by atoms with E-state index in [1.54, 1.807) is 6.20 Å². The molecule has 10 heteroatoms. The maximum absolute atomic E-state index is 12.5. The Bertz CT molecular complexity index is 939. The average molecular weight is 412 g/mol. The highest BCUT2D eigenvalue weighted by Crippen LogP contribution is 2.28. The fourth-order valence-corrected chi connectivity index (χ4v) is 3.80. The number of hydrogen-bond donors (Lipinski definition) is 1. The van der Waals surface area contributed by atoms with Crippen LogP contribution in [0.1, 0.15) is 18.1 Å². The zero-order chi connectivity index (χ0) is 20.1. The van der Waals surface area contributed by atoms with Crippen LogP contribution in [0, 0.1) is 0 Å². The first-order valence-corrected chi connectivity index (χ1v) is 9.96. The Kier molecular flexibility index (Phi) is 5.92. The largest absolute Gasteiger partial charge is 0.464 e. The van der Waals surface area contributed by atoms with Crippen molar-refractivity contribution >= 4 is 28.2 Å². The number of amides is 1. The van der Waals surface area contributed by atoms with Crippen LogP contribution in [-0.2, 0) is 9.53 Å². The van der Waals surface area contributed by atoms with Crippen molar-refractivity contribution in [3.05, 3.63) is 54.2 Å². The normalized spacial score (nSPS) is 17.1. The number of nitrogens with zero attached hydrogens (tertiary/aromatic N) is 5. The number of anilines is 2. The molecule has 1 saturated heterocycles. The third kappa shape index (κ3) is 4.66. The molecule has 2 atom stereocenters. The number of rotatable bonds is 7. The number of methoxy groups -OCH3 is 1. The molecular formula is C19H20N6O3S. The maximum atomic E-state index is 12.5. The van der Waals surface area contributed by atoms with Crippen molar-refractivity contribution in [1.82, 2.24) is 20.4 Å². The summed E-state index contributed by atoms with van der Waals surface area (Å²) in [6, 6.07) is 13.1. The van der Waals surface area contributed by atoms with E-state index in [1.807, 2.05) is 42.5 Å². The third-order valence-corrected chi connectivity index (χ3v) is 5.24. The van der Waals surface area contributed by atoms with Crippen molar-refractivity contribution < 1.29 is 14.3 Å². The topological polar surface area (TPSA) is 102 Å². The first-order chi connectivity index (χ1) is 14.2. The van der Waals surface area contributed by atoms with Gasteiger partial charge in [0.1, 0.15) is 6.10 Å². The highest BCUT2D eigenvalue weighted by Gasteiger charge is 2.27. The fourth-order valence-electron chi connectivity index (χ4n) is 3.14. The Morgan fingerprint density at radius 1 is 1.21 bits per heavy atom. The van der Waals surface area contributed by atoms with Gasteiger partial charge in [-0.2, -0.15) is 5.10 Å². The second kappa shape index (κ2) is 8.93. The second-order valence-electron chi connectivity index (χ2n) is 6.45. The Labute approximate surface area is 171 Å². The van der Waals surface area contributed by atoms with Crippen LogP contribution in [0.4, 0.5) is 10.9 Å². The van der Waals surface area contributed by atoms with Crippen LogP contribution in [0.15, 0.2) is 48.7 Å². The van der Waals surface area contributed by atoms with Gasteiger partial charge in [-0.1, -0.05) is 35.4 Å². The van der Waals surface area contributed by atoms with E-state index < -0.39 is 6.10 Å². The van der Waals surface area contributed by atoms with Crippen LogP contribution in [0.3, 0.4) is 0 Å². The summed E-state index contributed by atoms with van der Waals surface area (Å²) in [4.78, 5) is 14.7. The van der Waals surface area contributed by atoms with Crippen molar-refractivity contribution in [2.75, 3.05) is 30.4 Å². The predicted octanol–water partition coefficient (Wildman–Crippen LogP) is 2.31. The van der Waals surface area contributed by atoms with Gasteiger partial charge < -0.3 is 14.4 Å². The first kappa shape index (κ1) is 19.2. The molecule has 0 saturated carbocycles. The Balaban J connectivity index is 1.33. The number of benzene rings is 1. The van der Waals surface area contributed by atoms with Crippen LogP contribution in [0.25, 0.3) is 0 Å². The molecule has 4 rings (SSSR count). The standard InChI is InChI=1S/C19H20N6O3S/c1-27-16(13-6-3-2-4-7-13)17(26)21-18-23-24-19(29-18)28-14-9-11-25(12-14)15-8-5-10-20-22-15/h2-8,10,14,16H,9,11-12H2,1H3,(H,21,23,26)/t14-,16+/m1/s1. The van der Waals surface area contributed by atoms with Crippen LogP contribution < -0.4 is 15.0 Å². The average Bonchev–Trinajstić information content (AvgIpc) is 3.40. The van der Waals surface area contributed by atoms with Gasteiger partial charge in [0.15, 0.2) is 11.9 Å². The van der Waals surface area contributed by atoms with E-state index in [9.17, 15) is 4.79 Å². The molecule has 0 radical (unpaired) electrons. The van der Waals surface area contributed by atoms with E-state index in [4.69, 9.17) is 9.47 Å². The smallest absolute Gasteiger partial charge is 0.296 e. The lowest BCUT2D eigenvalue weighted by Gasteiger charge is -2.16. The molecule has 9 nitrogen and oxygen atoms in total. The van der Waals surface area contributed by atoms with Gasteiger partial charge in [0.2, 0.25) is 5.13 Å². The molecule has 1 aliphatic heterocycles. The van der Waals surface area contributed by atoms with E-state index in [0.717, 1.165) is 24.3 Å². The SMILES string of the molecule is CO[C@H](C(=O)Nc1nnc(O[C@@H]2CCN(c3cccnn3)C2)s1)c1ccccc1. The molecule has 0 spiro atoms. The molecule has 1 amide bonds. The van der Waals surface area contributed by atoms with Crippen LogP contribution in [0.5, 0.6) is 5.19 Å². The number of aromatic nitrogens is 4. The molecule has 150 valence electrons. The van der Waals surface area contributed by atoms with E-state index >= 15 is 0 Å². The van der Waals surface area contributed by atoms with E-state index in [1.165, 1.54) is 18.4 Å². The predicted molar refractivity (Wildman–Crippen MR) is 108 cm³/mol. The first-order valence-electron chi connectivity index (χ1n) is 9.14. The number of ether oxygens (including phenoxy) is 2. The minimum absolute atomic E-state index is 0.0236. The molecule has 1 aliphatic rings. The van der Waals surface area contributed by atoms with Crippen molar-refractivity contribution in [2.24, 2.45) is 0 Å². The summed E-state index contributed by atoms with van der Waals surface area (Å²) in [6.45, 7) is 1.53. The molecule has 3 aromatic rings. The van der Waals surface area contributed by atoms with Gasteiger partial charge in [0, 0.05) is 26.3 Å². The van der Waals surface area contributed by atoms with Crippen molar-refractivity contribution in [1.29, 1.82) is 0 Å². The van der Waals surface area contributed by atoms with Gasteiger partial charge in [-0.05, 0) is 29.0 Å². The zero-order valence-electron chi connectivity index (χ0n) is 15.8. The number of carbonyl (C=O) groups is 1. The molecule has 3 heterocycles. The molecular weight excluding hydrogens is 392 g/mol. The Hall–Kier alpha value is -3.11. The highest BCUT2D eigenvalue weighted by atomic mass is 32.1. The van der Waals surface area contributed by atoms with E-state index in [2.05, 4.69) is 30.6 Å².